The zero-order valence-corrected chi connectivity index (χ0v) is 7.71. The van der Waals surface area contributed by atoms with Gasteiger partial charge < -0.3 is 10.0 Å². The summed E-state index contributed by atoms with van der Waals surface area (Å²) in [5, 5.41) is 8.46. The maximum Gasteiger partial charge on any atom is 0.304 e. The van der Waals surface area contributed by atoms with E-state index in [0.29, 0.717) is 6.54 Å². The van der Waals surface area contributed by atoms with Gasteiger partial charge in [0.05, 0.1) is 13.1 Å². The van der Waals surface area contributed by atoms with Crippen molar-refractivity contribution in [2.45, 2.75) is 19.3 Å². The Hall–Kier alpha value is -0.640. The van der Waals surface area contributed by atoms with Crippen LogP contribution in [0.1, 0.15) is 19.3 Å². The molecule has 4 heteroatoms. The van der Waals surface area contributed by atoms with Crippen molar-refractivity contribution in [3.05, 3.63) is 0 Å². The molecule has 1 N–H and O–H groups in total. The number of carboxylic acid groups (broad SMARTS) is 1. The molecule has 1 aliphatic rings. The molecule has 76 valence electrons. The monoisotopic (exact) mass is 189 g/mol. The molecule has 1 heterocycles. The largest absolute Gasteiger partial charge is 0.481 e. The number of alkyl halides is 1. The van der Waals surface area contributed by atoms with Crippen molar-refractivity contribution in [3.8, 4) is 0 Å². The Morgan fingerprint density at radius 3 is 2.54 bits per heavy atom. The van der Waals surface area contributed by atoms with Crippen molar-refractivity contribution in [2.75, 3.05) is 26.3 Å². The third-order valence-electron chi connectivity index (χ3n) is 2.57. The van der Waals surface area contributed by atoms with Crippen LogP contribution in [0.15, 0.2) is 0 Å². The van der Waals surface area contributed by atoms with Gasteiger partial charge in [-0.3, -0.25) is 9.18 Å². The van der Waals surface area contributed by atoms with Gasteiger partial charge in [0.1, 0.15) is 0 Å². The van der Waals surface area contributed by atoms with E-state index in [2.05, 4.69) is 4.90 Å². The Balaban J connectivity index is 2.14. The Kier molecular flexibility index (Phi) is 4.15. The van der Waals surface area contributed by atoms with Crippen molar-refractivity contribution in [3.63, 3.8) is 0 Å². The van der Waals surface area contributed by atoms with E-state index in [4.69, 9.17) is 5.11 Å². The molecule has 1 rings (SSSR count). The highest BCUT2D eigenvalue weighted by Gasteiger charge is 2.18. The fourth-order valence-corrected chi connectivity index (χ4v) is 1.62. The smallest absolute Gasteiger partial charge is 0.304 e. The van der Waals surface area contributed by atoms with E-state index in [1.54, 1.807) is 0 Å². The zero-order valence-electron chi connectivity index (χ0n) is 7.71. The van der Waals surface area contributed by atoms with Gasteiger partial charge in [0.25, 0.3) is 0 Å². The molecule has 0 bridgehead atoms. The number of likely N-dealkylation sites (tertiary alicyclic amines) is 1. The van der Waals surface area contributed by atoms with Crippen molar-refractivity contribution in [1.82, 2.24) is 4.90 Å². The third-order valence-corrected chi connectivity index (χ3v) is 2.57. The lowest BCUT2D eigenvalue weighted by molar-refractivity contribution is -0.137. The summed E-state index contributed by atoms with van der Waals surface area (Å²) in [5.74, 6) is -0.548. The molecule has 0 unspecified atom stereocenters. The highest BCUT2D eigenvalue weighted by atomic mass is 19.1. The standard InChI is InChI=1S/C9H16FNO2/c10-7-8-1-4-11(5-2-8)6-3-9(12)13/h8H,1-7H2,(H,12,13). The fourth-order valence-electron chi connectivity index (χ4n) is 1.62. The second kappa shape index (κ2) is 5.17. The average Bonchev–Trinajstić information content (AvgIpc) is 2.15. The number of halogens is 1. The van der Waals surface area contributed by atoms with E-state index < -0.39 is 5.97 Å². The fraction of sp³-hybridized carbons (Fsp3) is 0.889. The van der Waals surface area contributed by atoms with Crippen LogP contribution in [0.4, 0.5) is 4.39 Å². The average molecular weight is 189 g/mol. The lowest BCUT2D eigenvalue weighted by atomic mass is 9.98. The highest BCUT2D eigenvalue weighted by Crippen LogP contribution is 2.17. The minimum absolute atomic E-state index is 0.195. The Labute approximate surface area is 77.5 Å². The van der Waals surface area contributed by atoms with Gasteiger partial charge in [-0.15, -0.1) is 0 Å². The van der Waals surface area contributed by atoms with E-state index in [1.165, 1.54) is 0 Å². The molecule has 0 saturated carbocycles. The third kappa shape index (κ3) is 3.72. The van der Waals surface area contributed by atoms with Crippen LogP contribution in [0.25, 0.3) is 0 Å². The van der Waals surface area contributed by atoms with Gasteiger partial charge in [-0.2, -0.15) is 0 Å². The molecule has 0 atom stereocenters. The van der Waals surface area contributed by atoms with Crippen LogP contribution in [0.3, 0.4) is 0 Å². The molecule has 0 aromatic rings. The number of hydrogen-bond donors (Lipinski definition) is 1. The maximum atomic E-state index is 12.2. The van der Waals surface area contributed by atoms with Gasteiger partial charge >= 0.3 is 5.97 Å². The number of aliphatic carboxylic acids is 1. The van der Waals surface area contributed by atoms with Gasteiger partial charge in [-0.05, 0) is 31.8 Å². The Morgan fingerprint density at radius 2 is 2.08 bits per heavy atom. The Bertz CT molecular complexity index is 167. The predicted molar refractivity (Wildman–Crippen MR) is 47.4 cm³/mol. The minimum atomic E-state index is -0.757. The second-order valence-corrected chi connectivity index (χ2v) is 3.58. The van der Waals surface area contributed by atoms with Crippen LogP contribution in [0, 0.1) is 5.92 Å². The summed E-state index contributed by atoms with van der Waals surface area (Å²) in [5.41, 5.74) is 0. The van der Waals surface area contributed by atoms with Crippen LogP contribution in [0.2, 0.25) is 0 Å². The maximum absolute atomic E-state index is 12.2. The minimum Gasteiger partial charge on any atom is -0.481 e. The molecule has 0 aromatic carbocycles. The van der Waals surface area contributed by atoms with Crippen LogP contribution >= 0.6 is 0 Å². The van der Waals surface area contributed by atoms with E-state index >= 15 is 0 Å². The van der Waals surface area contributed by atoms with E-state index in [1.807, 2.05) is 0 Å². The number of carbonyl (C=O) groups is 1. The summed E-state index contributed by atoms with van der Waals surface area (Å²) in [6, 6.07) is 0. The van der Waals surface area contributed by atoms with Gasteiger partial charge in [0, 0.05) is 6.54 Å². The van der Waals surface area contributed by atoms with Gasteiger partial charge in [-0.1, -0.05) is 0 Å². The van der Waals surface area contributed by atoms with Crippen molar-refractivity contribution < 1.29 is 14.3 Å². The molecule has 0 spiro atoms. The van der Waals surface area contributed by atoms with Crippen molar-refractivity contribution in [1.29, 1.82) is 0 Å². The lowest BCUT2D eigenvalue weighted by Gasteiger charge is -2.30. The first kappa shape index (κ1) is 10.4. The zero-order chi connectivity index (χ0) is 9.68. The topological polar surface area (TPSA) is 40.5 Å². The molecule has 13 heavy (non-hydrogen) atoms. The van der Waals surface area contributed by atoms with Gasteiger partial charge in [0.15, 0.2) is 0 Å². The van der Waals surface area contributed by atoms with Gasteiger partial charge in [0.2, 0.25) is 0 Å². The molecule has 0 aliphatic carbocycles. The summed E-state index contributed by atoms with van der Waals surface area (Å²) in [6.07, 6.45) is 1.94. The number of rotatable bonds is 4. The first-order valence-corrected chi connectivity index (χ1v) is 4.72. The number of hydrogen-bond acceptors (Lipinski definition) is 2. The van der Waals surface area contributed by atoms with Crippen LogP contribution < -0.4 is 0 Å². The summed E-state index contributed by atoms with van der Waals surface area (Å²) in [6.45, 7) is 2.07. The Morgan fingerprint density at radius 1 is 1.46 bits per heavy atom. The van der Waals surface area contributed by atoms with Crippen molar-refractivity contribution in [2.24, 2.45) is 5.92 Å². The number of nitrogens with zero attached hydrogens (tertiary/aromatic N) is 1. The molecular formula is C9H16FNO2. The summed E-state index contributed by atoms with van der Waals surface area (Å²) in [4.78, 5) is 12.4. The summed E-state index contributed by atoms with van der Waals surface area (Å²) < 4.78 is 12.2. The van der Waals surface area contributed by atoms with Gasteiger partial charge in [-0.25, -0.2) is 0 Å². The highest BCUT2D eigenvalue weighted by molar-refractivity contribution is 5.66. The summed E-state index contributed by atoms with van der Waals surface area (Å²) in [7, 11) is 0. The van der Waals surface area contributed by atoms with Crippen molar-refractivity contribution >= 4 is 5.97 Å². The second-order valence-electron chi connectivity index (χ2n) is 3.58. The molecule has 0 radical (unpaired) electrons. The van der Waals surface area contributed by atoms with Crippen LogP contribution in [-0.4, -0.2) is 42.3 Å². The molecule has 0 amide bonds. The number of piperidine rings is 1. The molecule has 0 aromatic heterocycles. The molecular weight excluding hydrogens is 173 g/mol. The molecule has 1 saturated heterocycles. The molecule has 3 nitrogen and oxygen atoms in total. The first-order chi connectivity index (χ1) is 6.22. The van der Waals surface area contributed by atoms with Crippen LogP contribution in [0.5, 0.6) is 0 Å². The SMILES string of the molecule is O=C(O)CCN1CCC(CF)CC1. The lowest BCUT2D eigenvalue weighted by Crippen LogP contribution is -2.35. The predicted octanol–water partition coefficient (Wildman–Crippen LogP) is 1.14. The van der Waals surface area contributed by atoms with E-state index in [0.717, 1.165) is 25.9 Å². The van der Waals surface area contributed by atoms with E-state index in [-0.39, 0.29) is 19.0 Å². The normalized spacial score (nSPS) is 20.4. The summed E-state index contributed by atoms with van der Waals surface area (Å²) >= 11 is 0. The molecule has 1 fully saturated rings. The van der Waals surface area contributed by atoms with E-state index in [9.17, 15) is 9.18 Å². The molecule has 1 aliphatic heterocycles. The van der Waals surface area contributed by atoms with Crippen LogP contribution in [-0.2, 0) is 4.79 Å². The quantitative estimate of drug-likeness (QED) is 0.721. The number of carboxylic acids is 1. The first-order valence-electron chi connectivity index (χ1n) is 4.72.